The van der Waals surface area contributed by atoms with Gasteiger partial charge in [0.1, 0.15) is 28.8 Å². The van der Waals surface area contributed by atoms with Crippen molar-refractivity contribution in [2.75, 3.05) is 31.1 Å². The Bertz CT molecular complexity index is 1970. The highest BCUT2D eigenvalue weighted by atomic mass is 19.1. The Morgan fingerprint density at radius 2 is 1.49 bits per heavy atom. The average Bonchev–Trinajstić information content (AvgIpc) is 3.87. The van der Waals surface area contributed by atoms with Crippen molar-refractivity contribution in [2.45, 2.75) is 12.8 Å². The summed E-state index contributed by atoms with van der Waals surface area (Å²) in [5, 5.41) is 27.9. The first-order valence-electron chi connectivity index (χ1n) is 14.9. The lowest BCUT2D eigenvalue weighted by Gasteiger charge is -2.21. The number of rotatable bonds is 1. The molecule has 47 heavy (non-hydrogen) atoms. The van der Waals surface area contributed by atoms with Crippen LogP contribution in [0.2, 0.25) is 0 Å². The summed E-state index contributed by atoms with van der Waals surface area (Å²) in [6.45, 7) is 10.2. The van der Waals surface area contributed by atoms with E-state index in [1.807, 2.05) is 30.3 Å². The van der Waals surface area contributed by atoms with Gasteiger partial charge in [0.05, 0.1) is 23.6 Å². The Morgan fingerprint density at radius 3 is 2.04 bits per heavy atom. The molecular weight excluding hydrogens is 601 g/mol. The third-order valence-corrected chi connectivity index (χ3v) is 8.59. The number of hydrogen-bond acceptors (Lipinski definition) is 7. The molecule has 4 aromatic rings. The number of nitrogens with zero attached hydrogens (tertiary/aromatic N) is 7. The quantitative estimate of drug-likeness (QED) is 0.225. The summed E-state index contributed by atoms with van der Waals surface area (Å²) in [6.07, 6.45) is 5.61. The molecule has 0 spiro atoms. The van der Waals surface area contributed by atoms with Gasteiger partial charge in [-0.15, -0.1) is 10.2 Å². The largest absolute Gasteiger partial charge is 0.370 e. The number of fused-ring (bicyclic) bond motifs is 2. The van der Waals surface area contributed by atoms with Crippen molar-refractivity contribution in [1.29, 1.82) is 5.26 Å². The Kier molecular flexibility index (Phi) is 8.85. The molecule has 8 rings (SSSR count). The first-order valence-corrected chi connectivity index (χ1v) is 14.9. The average molecular weight is 629 g/mol. The zero-order valence-electron chi connectivity index (χ0n) is 25.1. The topological polar surface area (TPSA) is 95.0 Å². The molecule has 11 heteroatoms. The van der Waals surface area contributed by atoms with Crippen LogP contribution >= 0.6 is 0 Å². The number of anilines is 1. The second-order valence-corrected chi connectivity index (χ2v) is 11.9. The minimum atomic E-state index is -0.717. The summed E-state index contributed by atoms with van der Waals surface area (Å²) in [7, 11) is 0. The third kappa shape index (κ3) is 7.56. The summed E-state index contributed by atoms with van der Waals surface area (Å²) in [5.74, 6) is 12.4. The molecule has 2 aliphatic carbocycles. The monoisotopic (exact) mass is 628 g/mol. The number of aromatic nitrogens is 4. The SMILES string of the molecule is C(#CC12CNCC1C2)c1cccnn1.N#Cc1cc(F)cc(N2CC3CC3(C#Cc3cccnn3)C2)c1.[C-]#[N+]c1cc(F)cc(F)c1. The van der Waals surface area contributed by atoms with Crippen LogP contribution in [0.5, 0.6) is 0 Å². The molecule has 2 aliphatic heterocycles. The first-order chi connectivity index (χ1) is 22.8. The minimum absolute atomic E-state index is 0.0162. The molecule has 4 heterocycles. The normalized spacial score (nSPS) is 23.6. The van der Waals surface area contributed by atoms with E-state index < -0.39 is 11.6 Å². The van der Waals surface area contributed by atoms with E-state index in [4.69, 9.17) is 11.8 Å². The van der Waals surface area contributed by atoms with Crippen LogP contribution in [0.1, 0.15) is 29.8 Å². The van der Waals surface area contributed by atoms with Crippen LogP contribution < -0.4 is 10.2 Å². The smallest absolute Gasteiger partial charge is 0.192 e. The number of halogens is 3. The first kappa shape index (κ1) is 31.2. The van der Waals surface area contributed by atoms with Crippen LogP contribution in [0.4, 0.5) is 24.5 Å². The van der Waals surface area contributed by atoms with Gasteiger partial charge < -0.3 is 10.2 Å². The standard InChI is InChI=1S/C18H13FN4.C11H11N3.C7H3F2N/c19-15-6-13(10-20)7-17(8-15)23-11-14-9-18(14,12-23)4-3-16-2-1-5-21-22-16;1-2-10(14-13-5-1)3-4-11-6-9(11)7-12-8-11;1-10-7-3-5(8)2-6(9)4-7/h1-2,5-8,14H,9,11-12H2;1-2,5,9,12H,6-8H2;2-4H. The molecule has 8 nitrogen and oxygen atoms in total. The van der Waals surface area contributed by atoms with Gasteiger partial charge in [-0.05, 0) is 97.7 Å². The van der Waals surface area contributed by atoms with Crippen molar-refractivity contribution in [3.05, 3.63) is 119 Å². The van der Waals surface area contributed by atoms with Crippen molar-refractivity contribution in [1.82, 2.24) is 25.7 Å². The molecular formula is C36H27F3N8. The van der Waals surface area contributed by atoms with Crippen molar-refractivity contribution in [2.24, 2.45) is 22.7 Å². The summed E-state index contributed by atoms with van der Waals surface area (Å²) >= 11 is 0. The van der Waals surface area contributed by atoms with Crippen molar-refractivity contribution in [3.8, 4) is 29.8 Å². The molecule has 4 atom stereocenters. The van der Waals surface area contributed by atoms with Gasteiger partial charge in [-0.3, -0.25) is 0 Å². The molecule has 4 aliphatic rings. The van der Waals surface area contributed by atoms with E-state index in [9.17, 15) is 13.2 Å². The maximum Gasteiger partial charge on any atom is 0.192 e. The Hall–Kier alpha value is -5.75. The molecule has 0 bridgehead atoms. The highest BCUT2D eigenvalue weighted by Crippen LogP contribution is 2.58. The number of hydrogen-bond donors (Lipinski definition) is 1. The Balaban J connectivity index is 0.000000137. The lowest BCUT2D eigenvalue weighted by molar-refractivity contribution is 0.584. The van der Waals surface area contributed by atoms with E-state index in [1.54, 1.807) is 18.5 Å². The molecule has 2 saturated carbocycles. The van der Waals surface area contributed by atoms with E-state index in [1.165, 1.54) is 18.6 Å². The fourth-order valence-electron chi connectivity index (χ4n) is 5.94. The van der Waals surface area contributed by atoms with Gasteiger partial charge in [-0.2, -0.15) is 15.5 Å². The van der Waals surface area contributed by atoms with Crippen molar-refractivity contribution >= 4 is 11.4 Å². The molecule has 4 fully saturated rings. The molecule has 1 N–H and O–H groups in total. The van der Waals surface area contributed by atoms with Crippen LogP contribution in [-0.4, -0.2) is 46.6 Å². The molecule has 2 saturated heterocycles. The number of piperidine rings is 2. The van der Waals surface area contributed by atoms with E-state index >= 15 is 0 Å². The zero-order chi connectivity index (χ0) is 32.9. The van der Waals surface area contributed by atoms with Crippen LogP contribution in [0.15, 0.2) is 73.1 Å². The Morgan fingerprint density at radius 1 is 0.851 bits per heavy atom. The van der Waals surface area contributed by atoms with Gasteiger partial charge in [0.2, 0.25) is 0 Å². The molecule has 2 aromatic heterocycles. The van der Waals surface area contributed by atoms with Gasteiger partial charge in [0.25, 0.3) is 0 Å². The van der Waals surface area contributed by atoms with Gasteiger partial charge in [0, 0.05) is 49.2 Å². The number of nitrogens with one attached hydrogen (secondary N) is 1. The maximum atomic E-state index is 13.6. The van der Waals surface area contributed by atoms with Gasteiger partial charge in [-0.1, -0.05) is 11.8 Å². The lowest BCUT2D eigenvalue weighted by Crippen LogP contribution is -2.24. The fraction of sp³-hybridized carbons (Fsp3) is 0.278. The summed E-state index contributed by atoms with van der Waals surface area (Å²) < 4.78 is 38.1. The second-order valence-electron chi connectivity index (χ2n) is 11.9. The second kappa shape index (κ2) is 13.3. The Labute approximate surface area is 270 Å². The number of benzene rings is 2. The molecule has 2 aromatic carbocycles. The predicted molar refractivity (Wildman–Crippen MR) is 168 cm³/mol. The van der Waals surface area contributed by atoms with Crippen LogP contribution in [-0.2, 0) is 0 Å². The van der Waals surface area contributed by atoms with Crippen LogP contribution in [0, 0.1) is 81.7 Å². The van der Waals surface area contributed by atoms with Crippen molar-refractivity contribution in [3.63, 3.8) is 0 Å². The van der Waals surface area contributed by atoms with E-state index in [2.05, 4.69) is 59.1 Å². The predicted octanol–water partition coefficient (Wildman–Crippen LogP) is 5.32. The lowest BCUT2D eigenvalue weighted by atomic mass is 10.1. The molecule has 232 valence electrons. The highest BCUT2D eigenvalue weighted by Gasteiger charge is 2.59. The molecule has 0 radical (unpaired) electrons. The summed E-state index contributed by atoms with van der Waals surface area (Å²) in [5.41, 5.74) is 2.78. The van der Waals surface area contributed by atoms with Crippen LogP contribution in [0.3, 0.4) is 0 Å². The summed E-state index contributed by atoms with van der Waals surface area (Å²) in [6, 6.07) is 16.6. The van der Waals surface area contributed by atoms with Gasteiger partial charge in [0.15, 0.2) is 5.69 Å². The number of nitriles is 1. The van der Waals surface area contributed by atoms with E-state index in [0.29, 0.717) is 17.2 Å². The highest BCUT2D eigenvalue weighted by molar-refractivity contribution is 5.55. The minimum Gasteiger partial charge on any atom is -0.370 e. The fourth-order valence-corrected chi connectivity index (χ4v) is 5.94. The van der Waals surface area contributed by atoms with Crippen LogP contribution in [0.25, 0.3) is 4.85 Å². The molecule has 4 unspecified atom stereocenters. The zero-order valence-corrected chi connectivity index (χ0v) is 25.1. The van der Waals surface area contributed by atoms with Gasteiger partial charge >= 0.3 is 0 Å². The van der Waals surface area contributed by atoms with E-state index in [-0.39, 0.29) is 22.3 Å². The van der Waals surface area contributed by atoms with E-state index in [0.717, 1.165) is 68.1 Å². The molecule has 0 amide bonds. The summed E-state index contributed by atoms with van der Waals surface area (Å²) in [4.78, 5) is 4.98. The van der Waals surface area contributed by atoms with Crippen molar-refractivity contribution < 1.29 is 13.2 Å². The van der Waals surface area contributed by atoms with Gasteiger partial charge in [-0.25, -0.2) is 18.0 Å². The maximum absolute atomic E-state index is 13.6. The third-order valence-electron chi connectivity index (χ3n) is 8.59.